The van der Waals surface area contributed by atoms with E-state index in [9.17, 15) is 4.79 Å². The number of carbonyl (C=O) groups excluding carboxylic acids is 1. The van der Waals surface area contributed by atoms with Crippen LogP contribution in [0, 0.1) is 0 Å². The molecule has 0 saturated carbocycles. The largest absolute Gasteiger partial charge is 0.332 e. The minimum atomic E-state index is -0.129. The van der Waals surface area contributed by atoms with Crippen LogP contribution in [0.4, 0.5) is 5.69 Å². The van der Waals surface area contributed by atoms with E-state index in [1.54, 1.807) is 17.0 Å². The van der Waals surface area contributed by atoms with Crippen LogP contribution in [-0.4, -0.2) is 32.8 Å². The van der Waals surface area contributed by atoms with E-state index in [1.165, 1.54) is 0 Å². The zero-order chi connectivity index (χ0) is 18.4. The molecule has 4 aromatic rings. The fourth-order valence-electron chi connectivity index (χ4n) is 3.37. The highest BCUT2D eigenvalue weighted by Gasteiger charge is 2.34. The maximum atomic E-state index is 12.4. The first-order valence-electron chi connectivity index (χ1n) is 8.52. The van der Waals surface area contributed by atoms with Gasteiger partial charge in [0.05, 0.1) is 5.52 Å². The molecule has 0 aliphatic carbocycles. The molecule has 1 unspecified atom stereocenters. The van der Waals surface area contributed by atoms with E-state index in [-0.39, 0.29) is 11.8 Å². The van der Waals surface area contributed by atoms with Crippen molar-refractivity contribution in [2.45, 2.75) is 12.3 Å². The van der Waals surface area contributed by atoms with Gasteiger partial charge in [0.15, 0.2) is 11.5 Å². The lowest BCUT2D eigenvalue weighted by molar-refractivity contribution is -0.117. The molecule has 1 atom stereocenters. The van der Waals surface area contributed by atoms with Crippen LogP contribution < -0.4 is 4.90 Å². The van der Waals surface area contributed by atoms with Crippen molar-refractivity contribution in [3.63, 3.8) is 0 Å². The van der Waals surface area contributed by atoms with Crippen molar-refractivity contribution in [1.29, 1.82) is 0 Å². The van der Waals surface area contributed by atoms with Gasteiger partial charge in [-0.25, -0.2) is 0 Å². The predicted molar refractivity (Wildman–Crippen MR) is 101 cm³/mol. The van der Waals surface area contributed by atoms with Crippen LogP contribution in [0.3, 0.4) is 0 Å². The van der Waals surface area contributed by atoms with Gasteiger partial charge in [0.2, 0.25) is 5.91 Å². The Morgan fingerprint density at radius 2 is 1.96 bits per heavy atom. The van der Waals surface area contributed by atoms with Crippen molar-refractivity contribution in [3.05, 3.63) is 59.4 Å². The van der Waals surface area contributed by atoms with Crippen molar-refractivity contribution in [2.24, 2.45) is 0 Å². The Morgan fingerprint density at radius 1 is 1.15 bits per heavy atom. The summed E-state index contributed by atoms with van der Waals surface area (Å²) in [5, 5.41) is 12.9. The topological polar surface area (TPSA) is 87.9 Å². The normalized spacial score (nSPS) is 17.1. The molecule has 1 fully saturated rings. The molecule has 2 aromatic heterocycles. The lowest BCUT2D eigenvalue weighted by Crippen LogP contribution is -2.24. The number of halogens is 1. The van der Waals surface area contributed by atoms with Gasteiger partial charge in [-0.1, -0.05) is 35.0 Å². The van der Waals surface area contributed by atoms with Gasteiger partial charge in [-0.3, -0.25) is 9.89 Å². The third kappa shape index (κ3) is 2.76. The number of aromatic nitrogens is 4. The summed E-state index contributed by atoms with van der Waals surface area (Å²) in [6, 6.07) is 14.9. The second kappa shape index (κ2) is 6.21. The van der Waals surface area contributed by atoms with E-state index in [1.807, 2.05) is 36.4 Å². The fourth-order valence-corrected chi connectivity index (χ4v) is 3.50. The molecule has 2 aromatic carbocycles. The van der Waals surface area contributed by atoms with E-state index >= 15 is 0 Å². The number of carbonyl (C=O) groups is 1. The van der Waals surface area contributed by atoms with Crippen molar-refractivity contribution in [1.82, 2.24) is 20.3 Å². The molecule has 5 rings (SSSR count). The number of anilines is 1. The summed E-state index contributed by atoms with van der Waals surface area (Å²) >= 11 is 5.93. The molecule has 1 aliphatic rings. The number of hydrogen-bond acceptors (Lipinski definition) is 5. The lowest BCUT2D eigenvalue weighted by atomic mass is 10.1. The SMILES string of the molecule is O=C1CC(c2noc(-c3n[nH]c4ccccc34)n2)CN1c1ccc(Cl)cc1. The zero-order valence-electron chi connectivity index (χ0n) is 14.1. The van der Waals surface area contributed by atoms with Gasteiger partial charge in [-0.2, -0.15) is 10.1 Å². The number of aromatic amines is 1. The molecule has 1 saturated heterocycles. The Labute approximate surface area is 158 Å². The van der Waals surface area contributed by atoms with Crippen LogP contribution in [0.2, 0.25) is 5.02 Å². The predicted octanol–water partition coefficient (Wildman–Crippen LogP) is 3.79. The van der Waals surface area contributed by atoms with Gasteiger partial charge in [0, 0.05) is 35.0 Å². The van der Waals surface area contributed by atoms with E-state index < -0.39 is 0 Å². The van der Waals surface area contributed by atoms with Gasteiger partial charge in [-0.05, 0) is 30.3 Å². The average Bonchev–Trinajstić information content (AvgIpc) is 3.39. The molecule has 0 spiro atoms. The highest BCUT2D eigenvalue weighted by atomic mass is 35.5. The van der Waals surface area contributed by atoms with Crippen molar-refractivity contribution >= 4 is 34.1 Å². The summed E-state index contributed by atoms with van der Waals surface area (Å²) in [4.78, 5) is 18.7. The maximum absolute atomic E-state index is 12.4. The van der Waals surface area contributed by atoms with Gasteiger partial charge >= 0.3 is 0 Å². The van der Waals surface area contributed by atoms with Crippen LogP contribution in [0.1, 0.15) is 18.2 Å². The first-order valence-corrected chi connectivity index (χ1v) is 8.90. The fraction of sp³-hybridized carbons (Fsp3) is 0.158. The number of hydrogen-bond donors (Lipinski definition) is 1. The Kier molecular flexibility index (Phi) is 3.68. The maximum Gasteiger partial charge on any atom is 0.279 e. The second-order valence-electron chi connectivity index (χ2n) is 6.46. The number of fused-ring (bicyclic) bond motifs is 1. The monoisotopic (exact) mass is 379 g/mol. The zero-order valence-corrected chi connectivity index (χ0v) is 14.8. The molecule has 3 heterocycles. The highest BCUT2D eigenvalue weighted by molar-refractivity contribution is 6.30. The molecule has 1 N–H and O–H groups in total. The molecule has 134 valence electrons. The van der Waals surface area contributed by atoms with Gasteiger partial charge in [0.25, 0.3) is 5.89 Å². The van der Waals surface area contributed by atoms with E-state index in [0.29, 0.717) is 35.4 Å². The first-order chi connectivity index (χ1) is 13.2. The Balaban J connectivity index is 1.42. The van der Waals surface area contributed by atoms with Gasteiger partial charge in [0.1, 0.15) is 0 Å². The van der Waals surface area contributed by atoms with E-state index in [0.717, 1.165) is 16.6 Å². The molecule has 1 amide bonds. The van der Waals surface area contributed by atoms with E-state index in [4.69, 9.17) is 16.1 Å². The number of rotatable bonds is 3. The Hall–Kier alpha value is -3.19. The Bertz CT molecular complexity index is 1130. The van der Waals surface area contributed by atoms with Crippen LogP contribution in [0.15, 0.2) is 53.1 Å². The standard InChI is InChI=1S/C19H14ClN5O2/c20-12-5-7-13(8-6-12)25-10-11(9-16(25)26)18-21-19(27-24-18)17-14-3-1-2-4-15(14)22-23-17/h1-8,11H,9-10H2,(H,22,23). The molecular weight excluding hydrogens is 366 g/mol. The van der Waals surface area contributed by atoms with Gasteiger partial charge < -0.3 is 9.42 Å². The summed E-state index contributed by atoms with van der Waals surface area (Å²) in [6.07, 6.45) is 0.336. The highest BCUT2D eigenvalue weighted by Crippen LogP contribution is 2.32. The summed E-state index contributed by atoms with van der Waals surface area (Å²) in [5.74, 6) is 0.761. The van der Waals surface area contributed by atoms with Crippen LogP contribution in [0.25, 0.3) is 22.5 Å². The molecule has 0 radical (unpaired) electrons. The molecule has 1 aliphatic heterocycles. The van der Waals surface area contributed by atoms with Gasteiger partial charge in [-0.15, -0.1) is 0 Å². The first kappa shape index (κ1) is 16.0. The van der Waals surface area contributed by atoms with Crippen LogP contribution in [0.5, 0.6) is 0 Å². The molecule has 27 heavy (non-hydrogen) atoms. The lowest BCUT2D eigenvalue weighted by Gasteiger charge is -2.16. The Morgan fingerprint density at radius 3 is 2.81 bits per heavy atom. The quantitative estimate of drug-likeness (QED) is 0.585. The third-order valence-corrected chi connectivity index (χ3v) is 5.00. The van der Waals surface area contributed by atoms with Crippen molar-refractivity contribution < 1.29 is 9.32 Å². The third-order valence-electron chi connectivity index (χ3n) is 4.74. The van der Waals surface area contributed by atoms with Crippen molar-refractivity contribution in [3.8, 4) is 11.6 Å². The average molecular weight is 380 g/mol. The number of nitrogens with zero attached hydrogens (tertiary/aromatic N) is 4. The number of amides is 1. The number of H-pyrrole nitrogens is 1. The number of nitrogens with one attached hydrogen (secondary N) is 1. The molecule has 8 heteroatoms. The molecular formula is C19H14ClN5O2. The number of para-hydroxylation sites is 1. The smallest absolute Gasteiger partial charge is 0.279 e. The summed E-state index contributed by atoms with van der Waals surface area (Å²) in [6.45, 7) is 0.501. The summed E-state index contributed by atoms with van der Waals surface area (Å²) in [5.41, 5.74) is 2.33. The van der Waals surface area contributed by atoms with Crippen molar-refractivity contribution in [2.75, 3.05) is 11.4 Å². The van der Waals surface area contributed by atoms with Crippen LogP contribution >= 0.6 is 11.6 Å². The minimum Gasteiger partial charge on any atom is -0.332 e. The van der Waals surface area contributed by atoms with Crippen LogP contribution in [-0.2, 0) is 4.79 Å². The van der Waals surface area contributed by atoms with E-state index in [2.05, 4.69) is 20.3 Å². The molecule has 0 bridgehead atoms. The number of benzene rings is 2. The minimum absolute atomic E-state index is 0.0268. The summed E-state index contributed by atoms with van der Waals surface area (Å²) in [7, 11) is 0. The second-order valence-corrected chi connectivity index (χ2v) is 6.89. The molecule has 7 nitrogen and oxygen atoms in total. The summed E-state index contributed by atoms with van der Waals surface area (Å²) < 4.78 is 5.43.